The number of carbonyl (C=O) groups excluding carboxylic acids is 1. The SMILES string of the molecule is N#Cc1ccc(-c2ccncc2)nc1SCC(=O)NC1CC1. The number of aromatic nitrogens is 2. The zero-order chi connectivity index (χ0) is 15.4. The molecular weight excluding hydrogens is 296 g/mol. The number of nitrogens with zero attached hydrogens (tertiary/aromatic N) is 3. The molecule has 1 fully saturated rings. The molecule has 0 aromatic carbocycles. The summed E-state index contributed by atoms with van der Waals surface area (Å²) < 4.78 is 0. The van der Waals surface area contributed by atoms with Gasteiger partial charge < -0.3 is 5.32 Å². The Morgan fingerprint density at radius 1 is 1.32 bits per heavy atom. The second-order valence-electron chi connectivity index (χ2n) is 5.03. The molecule has 0 unspecified atom stereocenters. The number of amides is 1. The minimum Gasteiger partial charge on any atom is -0.353 e. The second kappa shape index (κ2) is 6.58. The molecule has 0 bridgehead atoms. The molecule has 1 N–H and O–H groups in total. The summed E-state index contributed by atoms with van der Waals surface area (Å²) in [6, 6.07) is 9.75. The number of hydrogen-bond donors (Lipinski definition) is 1. The third-order valence-electron chi connectivity index (χ3n) is 3.24. The van der Waals surface area contributed by atoms with Crippen LogP contribution in [0.5, 0.6) is 0 Å². The fourth-order valence-corrected chi connectivity index (χ4v) is 2.73. The van der Waals surface area contributed by atoms with Gasteiger partial charge in [0.2, 0.25) is 5.91 Å². The molecule has 0 atom stereocenters. The highest BCUT2D eigenvalue weighted by Crippen LogP contribution is 2.25. The lowest BCUT2D eigenvalue weighted by Gasteiger charge is -2.07. The van der Waals surface area contributed by atoms with Gasteiger partial charge in [-0.3, -0.25) is 9.78 Å². The normalized spacial score (nSPS) is 13.4. The van der Waals surface area contributed by atoms with Gasteiger partial charge in [0.15, 0.2) is 0 Å². The molecule has 0 aliphatic heterocycles. The van der Waals surface area contributed by atoms with Crippen LogP contribution in [0, 0.1) is 11.3 Å². The van der Waals surface area contributed by atoms with Gasteiger partial charge in [-0.05, 0) is 37.1 Å². The number of nitrogens with one attached hydrogen (secondary N) is 1. The van der Waals surface area contributed by atoms with Crippen molar-refractivity contribution in [3.05, 3.63) is 42.2 Å². The Bertz CT molecular complexity index is 723. The molecule has 110 valence electrons. The van der Waals surface area contributed by atoms with E-state index < -0.39 is 0 Å². The highest BCUT2D eigenvalue weighted by atomic mass is 32.2. The molecule has 1 amide bonds. The van der Waals surface area contributed by atoms with E-state index in [2.05, 4.69) is 21.4 Å². The average Bonchev–Trinajstić information content (AvgIpc) is 3.37. The topological polar surface area (TPSA) is 78.7 Å². The van der Waals surface area contributed by atoms with E-state index in [-0.39, 0.29) is 11.7 Å². The maximum Gasteiger partial charge on any atom is 0.230 e. The van der Waals surface area contributed by atoms with Crippen molar-refractivity contribution >= 4 is 17.7 Å². The van der Waals surface area contributed by atoms with Gasteiger partial charge in [-0.25, -0.2) is 4.98 Å². The number of pyridine rings is 2. The molecule has 3 rings (SSSR count). The summed E-state index contributed by atoms with van der Waals surface area (Å²) in [6.07, 6.45) is 5.53. The lowest BCUT2D eigenvalue weighted by molar-refractivity contribution is -0.118. The summed E-state index contributed by atoms with van der Waals surface area (Å²) >= 11 is 1.30. The van der Waals surface area contributed by atoms with Crippen molar-refractivity contribution < 1.29 is 4.79 Å². The van der Waals surface area contributed by atoms with Crippen LogP contribution in [-0.2, 0) is 4.79 Å². The lowest BCUT2D eigenvalue weighted by atomic mass is 10.1. The van der Waals surface area contributed by atoms with Gasteiger partial charge in [-0.15, -0.1) is 0 Å². The zero-order valence-corrected chi connectivity index (χ0v) is 12.6. The summed E-state index contributed by atoms with van der Waals surface area (Å²) in [5, 5.41) is 12.7. The van der Waals surface area contributed by atoms with Crippen molar-refractivity contribution in [2.45, 2.75) is 23.9 Å². The van der Waals surface area contributed by atoms with E-state index >= 15 is 0 Å². The first-order chi connectivity index (χ1) is 10.8. The Hall–Kier alpha value is -2.39. The number of hydrogen-bond acceptors (Lipinski definition) is 5. The van der Waals surface area contributed by atoms with Gasteiger partial charge in [0, 0.05) is 24.0 Å². The predicted octanol–water partition coefficient (Wildman–Crippen LogP) is 2.39. The third kappa shape index (κ3) is 3.62. The Kier molecular flexibility index (Phi) is 4.35. The van der Waals surface area contributed by atoms with E-state index in [1.165, 1.54) is 11.8 Å². The standard InChI is InChI=1S/C16H14N4OS/c17-9-12-1-4-14(11-5-7-18-8-6-11)20-16(12)22-10-15(21)19-13-2-3-13/h1,4-8,13H,2-3,10H2,(H,19,21). The first-order valence-corrected chi connectivity index (χ1v) is 7.98. The molecule has 2 heterocycles. The van der Waals surface area contributed by atoms with Crippen molar-refractivity contribution in [1.29, 1.82) is 5.26 Å². The van der Waals surface area contributed by atoms with Gasteiger partial charge in [0.05, 0.1) is 17.0 Å². The smallest absolute Gasteiger partial charge is 0.230 e. The summed E-state index contributed by atoms with van der Waals surface area (Å²) in [6.45, 7) is 0. The molecule has 2 aromatic rings. The van der Waals surface area contributed by atoms with E-state index in [9.17, 15) is 10.1 Å². The van der Waals surface area contributed by atoms with Gasteiger partial charge >= 0.3 is 0 Å². The molecule has 6 heteroatoms. The van der Waals surface area contributed by atoms with Crippen molar-refractivity contribution in [2.24, 2.45) is 0 Å². The van der Waals surface area contributed by atoms with E-state index in [1.54, 1.807) is 18.5 Å². The van der Waals surface area contributed by atoms with Crippen LogP contribution in [0.4, 0.5) is 0 Å². The molecule has 5 nitrogen and oxygen atoms in total. The maximum atomic E-state index is 11.8. The fourth-order valence-electron chi connectivity index (χ4n) is 1.95. The fraction of sp³-hybridized carbons (Fsp3) is 0.250. The van der Waals surface area contributed by atoms with Gasteiger partial charge in [-0.1, -0.05) is 11.8 Å². The van der Waals surface area contributed by atoms with Crippen LogP contribution in [0.3, 0.4) is 0 Å². The molecule has 0 spiro atoms. The second-order valence-corrected chi connectivity index (χ2v) is 5.99. The van der Waals surface area contributed by atoms with Crippen LogP contribution in [-0.4, -0.2) is 27.7 Å². The van der Waals surface area contributed by atoms with E-state index in [4.69, 9.17) is 0 Å². The molecule has 1 saturated carbocycles. The first-order valence-electron chi connectivity index (χ1n) is 7.00. The van der Waals surface area contributed by atoms with Crippen molar-refractivity contribution in [3.8, 4) is 17.3 Å². The number of rotatable bonds is 5. The Morgan fingerprint density at radius 2 is 2.09 bits per heavy atom. The zero-order valence-electron chi connectivity index (χ0n) is 11.8. The van der Waals surface area contributed by atoms with Crippen LogP contribution < -0.4 is 5.32 Å². The van der Waals surface area contributed by atoms with Gasteiger partial charge in [-0.2, -0.15) is 5.26 Å². The molecule has 0 radical (unpaired) electrons. The summed E-state index contributed by atoms with van der Waals surface area (Å²) in [5.74, 6) is 0.269. The molecule has 0 saturated heterocycles. The van der Waals surface area contributed by atoms with Crippen LogP contribution in [0.25, 0.3) is 11.3 Å². The number of nitriles is 1. The minimum absolute atomic E-state index is 0.00694. The monoisotopic (exact) mass is 310 g/mol. The minimum atomic E-state index is -0.00694. The largest absolute Gasteiger partial charge is 0.353 e. The molecular formula is C16H14N4OS. The quantitative estimate of drug-likeness (QED) is 0.858. The van der Waals surface area contributed by atoms with Crippen molar-refractivity contribution in [3.63, 3.8) is 0 Å². The lowest BCUT2D eigenvalue weighted by Crippen LogP contribution is -2.27. The van der Waals surface area contributed by atoms with Crippen molar-refractivity contribution in [2.75, 3.05) is 5.75 Å². The molecule has 22 heavy (non-hydrogen) atoms. The highest BCUT2D eigenvalue weighted by Gasteiger charge is 2.23. The number of thioether (sulfide) groups is 1. The molecule has 2 aromatic heterocycles. The Labute approximate surface area is 132 Å². The molecule has 1 aliphatic carbocycles. The van der Waals surface area contributed by atoms with E-state index in [0.29, 0.717) is 16.6 Å². The summed E-state index contributed by atoms with van der Waals surface area (Å²) in [7, 11) is 0. The van der Waals surface area contributed by atoms with Crippen LogP contribution in [0.1, 0.15) is 18.4 Å². The van der Waals surface area contributed by atoms with E-state index in [0.717, 1.165) is 24.1 Å². The highest BCUT2D eigenvalue weighted by molar-refractivity contribution is 8.00. The van der Waals surface area contributed by atoms with E-state index in [1.807, 2.05) is 18.2 Å². The van der Waals surface area contributed by atoms with Gasteiger partial charge in [0.1, 0.15) is 11.1 Å². The summed E-state index contributed by atoms with van der Waals surface area (Å²) in [5.41, 5.74) is 2.19. The van der Waals surface area contributed by atoms with Crippen molar-refractivity contribution in [1.82, 2.24) is 15.3 Å². The first kappa shape index (κ1) is 14.5. The Morgan fingerprint density at radius 3 is 2.77 bits per heavy atom. The Balaban J connectivity index is 1.76. The predicted molar refractivity (Wildman–Crippen MR) is 84.1 cm³/mol. The molecule has 1 aliphatic rings. The van der Waals surface area contributed by atoms with Crippen LogP contribution in [0.15, 0.2) is 41.7 Å². The third-order valence-corrected chi connectivity index (χ3v) is 4.23. The maximum absolute atomic E-state index is 11.8. The van der Waals surface area contributed by atoms with Crippen LogP contribution in [0.2, 0.25) is 0 Å². The number of carbonyl (C=O) groups is 1. The van der Waals surface area contributed by atoms with Crippen LogP contribution >= 0.6 is 11.8 Å². The summed E-state index contributed by atoms with van der Waals surface area (Å²) in [4.78, 5) is 20.3. The van der Waals surface area contributed by atoms with Gasteiger partial charge in [0.25, 0.3) is 0 Å². The average molecular weight is 310 g/mol.